The number of H-pyrrole nitrogens is 1. The van der Waals surface area contributed by atoms with Crippen LogP contribution in [0.15, 0.2) is 52.6 Å². The van der Waals surface area contributed by atoms with Crippen molar-refractivity contribution in [1.82, 2.24) is 24.5 Å². The number of fused-ring (bicyclic) bond motifs is 1. The number of nitrogens with zero attached hydrogens (tertiary/aromatic N) is 6. The van der Waals surface area contributed by atoms with E-state index in [1.165, 1.54) is 35.4 Å². The molecule has 202 valence electrons. The molecule has 0 bridgehead atoms. The third-order valence-electron chi connectivity index (χ3n) is 6.81. The molecular formula is C25H28F3N7O3. The zero-order valence-electron chi connectivity index (χ0n) is 20.8. The van der Waals surface area contributed by atoms with Crippen molar-refractivity contribution in [3.63, 3.8) is 0 Å². The molecular weight excluding hydrogens is 503 g/mol. The molecule has 0 amide bonds. The molecule has 1 aliphatic carbocycles. The number of anilines is 3. The van der Waals surface area contributed by atoms with E-state index in [1.54, 1.807) is 12.1 Å². The number of alkyl halides is 3. The minimum absolute atomic E-state index is 0.00994. The number of hydrogen-bond acceptors (Lipinski definition) is 8. The first-order valence-corrected chi connectivity index (χ1v) is 12.5. The Hall–Kier alpha value is -3.74. The fourth-order valence-corrected chi connectivity index (χ4v) is 4.68. The molecule has 1 saturated carbocycles. The molecule has 1 saturated heterocycles. The van der Waals surface area contributed by atoms with Gasteiger partial charge in [0.05, 0.1) is 37.5 Å². The summed E-state index contributed by atoms with van der Waals surface area (Å²) in [4.78, 5) is 41.0. The lowest BCUT2D eigenvalue weighted by atomic mass is 10.1. The van der Waals surface area contributed by atoms with Gasteiger partial charge in [0.25, 0.3) is 11.1 Å². The Kier molecular flexibility index (Phi) is 7.19. The molecule has 0 unspecified atom stereocenters. The van der Waals surface area contributed by atoms with Crippen LogP contribution in [0.25, 0.3) is 0 Å². The van der Waals surface area contributed by atoms with E-state index >= 15 is 0 Å². The summed E-state index contributed by atoms with van der Waals surface area (Å²) in [6.07, 6.45) is 1.68. The minimum Gasteiger partial charge on any atom is -0.377 e. The van der Waals surface area contributed by atoms with Crippen molar-refractivity contribution in [2.75, 3.05) is 29.6 Å². The molecule has 13 heteroatoms. The predicted octanol–water partition coefficient (Wildman–Crippen LogP) is 2.98. The van der Waals surface area contributed by atoms with Crippen molar-refractivity contribution >= 4 is 17.5 Å². The second kappa shape index (κ2) is 10.6. The van der Waals surface area contributed by atoms with Crippen LogP contribution >= 0.6 is 0 Å². The van der Waals surface area contributed by atoms with Gasteiger partial charge in [0.1, 0.15) is 11.9 Å². The van der Waals surface area contributed by atoms with Crippen LogP contribution < -0.4 is 20.9 Å². The van der Waals surface area contributed by atoms with E-state index in [1.807, 2.05) is 11.8 Å². The van der Waals surface area contributed by atoms with E-state index in [0.29, 0.717) is 37.2 Å². The van der Waals surface area contributed by atoms with E-state index in [2.05, 4.69) is 19.9 Å². The molecule has 3 aliphatic rings. The highest BCUT2D eigenvalue weighted by molar-refractivity contribution is 5.61. The lowest BCUT2D eigenvalue weighted by Crippen LogP contribution is -2.51. The first-order valence-electron chi connectivity index (χ1n) is 12.5. The Bertz CT molecular complexity index is 1350. The average Bonchev–Trinajstić information content (AvgIpc) is 3.74. The Balaban J connectivity index is 0.000000366. The normalized spacial score (nSPS) is 21.4. The maximum atomic E-state index is 14.0. The van der Waals surface area contributed by atoms with Gasteiger partial charge in [-0.15, -0.1) is 0 Å². The second-order valence-corrected chi connectivity index (χ2v) is 9.56. The number of halogens is 3. The molecule has 1 N–H and O–H groups in total. The summed E-state index contributed by atoms with van der Waals surface area (Å²) < 4.78 is 48.8. The fraction of sp³-hybridized carbons (Fsp3) is 0.480. The standard InChI is InChI=1S/C21H24F3N5O2.C4H4N2O/c1-13-12-31-9-8-27(13)18-10-19(30)28-7-6-17(21(22,23)24)29(20(28)26-18)15-4-5-16(25-11-15)14-2-3-14;7-4-1-2-5-3-6-4/h4-5,10-11,13-14,17H,2-3,6-9,12H2,1H3;1-3H,(H,5,6,7)/t13-,17+;/m1./s1. The lowest BCUT2D eigenvalue weighted by molar-refractivity contribution is -0.150. The van der Waals surface area contributed by atoms with Gasteiger partial charge in [-0.3, -0.25) is 24.0 Å². The van der Waals surface area contributed by atoms with Crippen molar-refractivity contribution in [3.8, 4) is 0 Å². The summed E-state index contributed by atoms with van der Waals surface area (Å²) >= 11 is 0. The first-order chi connectivity index (χ1) is 18.2. The third kappa shape index (κ3) is 5.57. The van der Waals surface area contributed by atoms with Gasteiger partial charge >= 0.3 is 6.18 Å². The zero-order chi connectivity index (χ0) is 26.9. The summed E-state index contributed by atoms with van der Waals surface area (Å²) in [5, 5.41) is 0. The summed E-state index contributed by atoms with van der Waals surface area (Å²) in [5.74, 6) is 0.787. The predicted molar refractivity (Wildman–Crippen MR) is 134 cm³/mol. The molecule has 3 aromatic heterocycles. The maximum Gasteiger partial charge on any atom is 0.409 e. The average molecular weight is 532 g/mol. The molecule has 38 heavy (non-hydrogen) atoms. The van der Waals surface area contributed by atoms with Gasteiger partial charge in [-0.25, -0.2) is 4.98 Å². The largest absolute Gasteiger partial charge is 0.409 e. The van der Waals surface area contributed by atoms with E-state index < -0.39 is 12.2 Å². The van der Waals surface area contributed by atoms with Crippen molar-refractivity contribution < 1.29 is 17.9 Å². The minimum atomic E-state index is -4.47. The van der Waals surface area contributed by atoms with Crippen LogP contribution in [0.3, 0.4) is 0 Å². The van der Waals surface area contributed by atoms with E-state index in [4.69, 9.17) is 4.74 Å². The van der Waals surface area contributed by atoms with Crippen molar-refractivity contribution in [1.29, 1.82) is 0 Å². The number of nitrogens with one attached hydrogen (secondary N) is 1. The smallest absolute Gasteiger partial charge is 0.377 e. The molecule has 0 spiro atoms. The molecule has 0 aromatic carbocycles. The van der Waals surface area contributed by atoms with Crippen molar-refractivity contribution in [2.45, 2.75) is 56.9 Å². The number of rotatable bonds is 3. The second-order valence-electron chi connectivity index (χ2n) is 9.56. The number of ether oxygens (including phenoxy) is 1. The Labute approximate surface area is 216 Å². The quantitative estimate of drug-likeness (QED) is 0.550. The van der Waals surface area contributed by atoms with Gasteiger partial charge < -0.3 is 14.6 Å². The molecule has 10 nitrogen and oxygen atoms in total. The number of aromatic amines is 1. The fourth-order valence-electron chi connectivity index (χ4n) is 4.68. The lowest BCUT2D eigenvalue weighted by Gasteiger charge is -2.40. The van der Waals surface area contributed by atoms with E-state index in [0.717, 1.165) is 23.4 Å². The van der Waals surface area contributed by atoms with Crippen LogP contribution in [0.5, 0.6) is 0 Å². The Morgan fingerprint density at radius 2 is 1.92 bits per heavy atom. The highest BCUT2D eigenvalue weighted by Gasteiger charge is 2.48. The van der Waals surface area contributed by atoms with E-state index in [-0.39, 0.29) is 36.1 Å². The van der Waals surface area contributed by atoms with Gasteiger partial charge in [-0.1, -0.05) is 0 Å². The van der Waals surface area contributed by atoms with Crippen LogP contribution in [0, 0.1) is 0 Å². The van der Waals surface area contributed by atoms with Crippen LogP contribution in [0.2, 0.25) is 0 Å². The van der Waals surface area contributed by atoms with Gasteiger partial charge in [-0.05, 0) is 38.3 Å². The van der Waals surface area contributed by atoms with Gasteiger partial charge in [-0.2, -0.15) is 18.2 Å². The van der Waals surface area contributed by atoms with Crippen LogP contribution in [-0.2, 0) is 11.3 Å². The van der Waals surface area contributed by atoms with Crippen molar-refractivity contribution in [2.24, 2.45) is 0 Å². The molecule has 3 aromatic rings. The number of aromatic nitrogens is 5. The molecule has 2 fully saturated rings. The van der Waals surface area contributed by atoms with Crippen molar-refractivity contribution in [3.05, 3.63) is 69.4 Å². The third-order valence-corrected chi connectivity index (χ3v) is 6.81. The van der Waals surface area contributed by atoms with E-state index in [9.17, 15) is 22.8 Å². The zero-order valence-corrected chi connectivity index (χ0v) is 20.8. The summed E-state index contributed by atoms with van der Waals surface area (Å²) in [7, 11) is 0. The number of hydrogen-bond donors (Lipinski definition) is 1. The molecule has 2 aliphatic heterocycles. The topological polar surface area (TPSA) is 109 Å². The molecule has 0 radical (unpaired) electrons. The maximum absolute atomic E-state index is 14.0. The van der Waals surface area contributed by atoms with Gasteiger partial charge in [0, 0.05) is 43.0 Å². The summed E-state index contributed by atoms with van der Waals surface area (Å²) in [5.41, 5.74) is 0.715. The monoisotopic (exact) mass is 531 g/mol. The highest BCUT2D eigenvalue weighted by atomic mass is 19.4. The Morgan fingerprint density at radius 1 is 1.11 bits per heavy atom. The van der Waals surface area contributed by atoms with Gasteiger partial charge in [0.15, 0.2) is 0 Å². The molecule has 6 rings (SSSR count). The first kappa shape index (κ1) is 25.9. The molecule has 2 atom stereocenters. The van der Waals surface area contributed by atoms with Crippen LogP contribution in [0.1, 0.15) is 37.8 Å². The van der Waals surface area contributed by atoms with Crippen LogP contribution in [-0.4, -0.2) is 62.5 Å². The number of morpholine rings is 1. The summed E-state index contributed by atoms with van der Waals surface area (Å²) in [6, 6.07) is 4.41. The SMILES string of the molecule is C[C@@H]1COCCN1c1cc(=O)n2c(n1)N(c1ccc(C3CC3)nc1)[C@H](C(F)(F)F)CC2.O=c1ccnc[nH]1. The van der Waals surface area contributed by atoms with Crippen LogP contribution in [0.4, 0.5) is 30.6 Å². The van der Waals surface area contributed by atoms with Gasteiger partial charge in [0.2, 0.25) is 5.95 Å². The highest BCUT2D eigenvalue weighted by Crippen LogP contribution is 2.42. The molecule has 5 heterocycles. The summed E-state index contributed by atoms with van der Waals surface area (Å²) in [6.45, 7) is 3.38. The Morgan fingerprint density at radius 3 is 2.50 bits per heavy atom. The number of pyridine rings is 1.